The summed E-state index contributed by atoms with van der Waals surface area (Å²) in [5.74, 6) is -0.548. The second-order valence-electron chi connectivity index (χ2n) is 3.74. The molecule has 0 atom stereocenters. The molecule has 0 spiro atoms. The zero-order valence-electron chi connectivity index (χ0n) is 8.64. The molecule has 0 aliphatic carbocycles. The van der Waals surface area contributed by atoms with Gasteiger partial charge in [0.15, 0.2) is 0 Å². The maximum absolute atomic E-state index is 11.5. The third-order valence-electron chi connectivity index (χ3n) is 1.84. The average molecular weight is 327 g/mol. The summed E-state index contributed by atoms with van der Waals surface area (Å²) in [6.07, 6.45) is 0. The maximum Gasteiger partial charge on any atom is 0.255 e. The summed E-state index contributed by atoms with van der Waals surface area (Å²) in [6.45, 7) is 2.77. The average Bonchev–Trinajstić information content (AvgIpc) is 2.17. The van der Waals surface area contributed by atoms with Crippen LogP contribution in [0.25, 0.3) is 0 Å². The molecule has 0 aliphatic rings. The Labute approximate surface area is 112 Å². The van der Waals surface area contributed by atoms with Crippen molar-refractivity contribution in [3.8, 4) is 0 Å². The van der Waals surface area contributed by atoms with Gasteiger partial charge in [-0.3, -0.25) is 4.79 Å². The Morgan fingerprint density at radius 1 is 1.38 bits per heavy atom. The molecule has 88 valence electrons. The molecular formula is C10H10BrCl2NO2. The highest BCUT2D eigenvalue weighted by Gasteiger charge is 2.24. The van der Waals surface area contributed by atoms with E-state index >= 15 is 0 Å². The molecule has 0 heterocycles. The number of anilines is 1. The standard InChI is InChI=1S/C10H10BrCl2NO2/c1-10(2,16)9(15)14-6-4-3-5(11)7(12)8(6)13/h3-4,16H,1-2H3,(H,14,15). The first-order chi connectivity index (χ1) is 7.23. The first-order valence-electron chi connectivity index (χ1n) is 4.41. The van der Waals surface area contributed by atoms with Crippen LogP contribution in [0.5, 0.6) is 0 Å². The minimum atomic E-state index is -1.47. The van der Waals surface area contributed by atoms with E-state index < -0.39 is 11.5 Å². The van der Waals surface area contributed by atoms with Crippen molar-refractivity contribution in [3.63, 3.8) is 0 Å². The molecule has 1 aromatic carbocycles. The molecule has 3 nitrogen and oxygen atoms in total. The molecule has 1 aromatic rings. The van der Waals surface area contributed by atoms with Gasteiger partial charge in [-0.25, -0.2) is 0 Å². The number of hydrogen-bond acceptors (Lipinski definition) is 2. The molecule has 0 fully saturated rings. The van der Waals surface area contributed by atoms with Crippen LogP contribution in [-0.2, 0) is 4.79 Å². The topological polar surface area (TPSA) is 49.3 Å². The number of aliphatic hydroxyl groups is 1. The van der Waals surface area contributed by atoms with Crippen molar-refractivity contribution in [1.82, 2.24) is 0 Å². The predicted octanol–water partition coefficient (Wildman–Crippen LogP) is 3.47. The fourth-order valence-corrected chi connectivity index (χ4v) is 1.72. The SMILES string of the molecule is CC(C)(O)C(=O)Nc1ccc(Br)c(Cl)c1Cl. The molecule has 1 rings (SSSR count). The van der Waals surface area contributed by atoms with E-state index in [2.05, 4.69) is 21.2 Å². The van der Waals surface area contributed by atoms with Gasteiger partial charge in [0.1, 0.15) is 5.60 Å². The Kier molecular flexibility index (Phi) is 4.23. The molecule has 2 N–H and O–H groups in total. The molecule has 0 saturated carbocycles. The molecule has 0 saturated heterocycles. The van der Waals surface area contributed by atoms with E-state index in [1.165, 1.54) is 13.8 Å². The van der Waals surface area contributed by atoms with Gasteiger partial charge in [-0.15, -0.1) is 0 Å². The van der Waals surface area contributed by atoms with Gasteiger partial charge in [0.05, 0.1) is 15.7 Å². The lowest BCUT2D eigenvalue weighted by Gasteiger charge is -2.17. The molecule has 1 amide bonds. The molecule has 6 heteroatoms. The van der Waals surface area contributed by atoms with E-state index in [0.29, 0.717) is 15.2 Å². The van der Waals surface area contributed by atoms with Crippen molar-refractivity contribution in [2.24, 2.45) is 0 Å². The molecular weight excluding hydrogens is 317 g/mol. The van der Waals surface area contributed by atoms with Crippen LogP contribution < -0.4 is 5.32 Å². The van der Waals surface area contributed by atoms with Crippen LogP contribution in [0, 0.1) is 0 Å². The first kappa shape index (κ1) is 13.8. The molecule has 0 aromatic heterocycles. The van der Waals surface area contributed by atoms with Gasteiger partial charge < -0.3 is 10.4 Å². The zero-order valence-corrected chi connectivity index (χ0v) is 11.7. The highest BCUT2D eigenvalue weighted by Crippen LogP contribution is 2.36. The van der Waals surface area contributed by atoms with Crippen LogP contribution in [-0.4, -0.2) is 16.6 Å². The Bertz CT molecular complexity index is 430. The van der Waals surface area contributed by atoms with Crippen LogP contribution >= 0.6 is 39.1 Å². The van der Waals surface area contributed by atoms with Crippen LogP contribution in [0.2, 0.25) is 10.0 Å². The lowest BCUT2D eigenvalue weighted by atomic mass is 10.1. The molecule has 16 heavy (non-hydrogen) atoms. The van der Waals surface area contributed by atoms with Gasteiger partial charge in [-0.2, -0.15) is 0 Å². The van der Waals surface area contributed by atoms with E-state index in [4.69, 9.17) is 23.2 Å². The second-order valence-corrected chi connectivity index (χ2v) is 5.35. The monoisotopic (exact) mass is 325 g/mol. The normalized spacial score (nSPS) is 11.4. The third kappa shape index (κ3) is 3.10. The number of carbonyl (C=O) groups is 1. The summed E-state index contributed by atoms with van der Waals surface area (Å²) in [5, 5.41) is 12.5. The summed E-state index contributed by atoms with van der Waals surface area (Å²) in [6, 6.07) is 3.26. The van der Waals surface area contributed by atoms with E-state index in [0.717, 1.165) is 0 Å². The largest absolute Gasteiger partial charge is 0.381 e. The van der Waals surface area contributed by atoms with Crippen molar-refractivity contribution in [1.29, 1.82) is 0 Å². The number of carbonyl (C=O) groups excluding carboxylic acids is 1. The number of hydrogen-bond donors (Lipinski definition) is 2. The van der Waals surface area contributed by atoms with E-state index in [1.54, 1.807) is 12.1 Å². The summed E-state index contributed by atoms with van der Waals surface area (Å²) in [4.78, 5) is 11.5. The molecule has 0 bridgehead atoms. The number of rotatable bonds is 2. The number of amides is 1. The van der Waals surface area contributed by atoms with Gasteiger partial charge in [-0.05, 0) is 41.9 Å². The minimum Gasteiger partial charge on any atom is -0.381 e. The fraction of sp³-hybridized carbons (Fsp3) is 0.300. The van der Waals surface area contributed by atoms with Gasteiger partial charge in [0.25, 0.3) is 5.91 Å². The smallest absolute Gasteiger partial charge is 0.255 e. The third-order valence-corrected chi connectivity index (χ3v) is 3.61. The molecule has 0 radical (unpaired) electrons. The number of benzene rings is 1. The van der Waals surface area contributed by atoms with Crippen LogP contribution in [0.15, 0.2) is 16.6 Å². The van der Waals surface area contributed by atoms with Crippen LogP contribution in [0.3, 0.4) is 0 Å². The van der Waals surface area contributed by atoms with Gasteiger partial charge in [0.2, 0.25) is 0 Å². The quantitative estimate of drug-likeness (QED) is 0.818. The van der Waals surface area contributed by atoms with E-state index in [1.807, 2.05) is 0 Å². The fourth-order valence-electron chi connectivity index (χ4n) is 0.898. The molecule has 0 aliphatic heterocycles. The lowest BCUT2D eigenvalue weighted by Crippen LogP contribution is -2.36. The minimum absolute atomic E-state index is 0.230. The van der Waals surface area contributed by atoms with Crippen molar-refractivity contribution >= 4 is 50.7 Å². The Morgan fingerprint density at radius 3 is 2.44 bits per heavy atom. The second kappa shape index (κ2) is 4.92. The maximum atomic E-state index is 11.5. The highest BCUT2D eigenvalue weighted by molar-refractivity contribution is 9.10. The Hall–Kier alpha value is -0.290. The first-order valence-corrected chi connectivity index (χ1v) is 5.95. The summed E-state index contributed by atoms with van der Waals surface area (Å²) in [5.41, 5.74) is -1.11. The van der Waals surface area contributed by atoms with Gasteiger partial charge in [0, 0.05) is 4.47 Å². The number of nitrogens with one attached hydrogen (secondary N) is 1. The Morgan fingerprint density at radius 2 is 1.94 bits per heavy atom. The lowest BCUT2D eigenvalue weighted by molar-refractivity contribution is -0.130. The molecule has 0 unspecified atom stereocenters. The van der Waals surface area contributed by atoms with E-state index in [-0.39, 0.29) is 5.02 Å². The summed E-state index contributed by atoms with van der Waals surface area (Å²) >= 11 is 15.0. The predicted molar refractivity (Wildman–Crippen MR) is 69.1 cm³/mol. The summed E-state index contributed by atoms with van der Waals surface area (Å²) < 4.78 is 0.639. The summed E-state index contributed by atoms with van der Waals surface area (Å²) in [7, 11) is 0. The number of halogens is 3. The van der Waals surface area contributed by atoms with Crippen LogP contribution in [0.4, 0.5) is 5.69 Å². The van der Waals surface area contributed by atoms with Crippen molar-refractivity contribution in [2.75, 3.05) is 5.32 Å². The van der Waals surface area contributed by atoms with Crippen LogP contribution in [0.1, 0.15) is 13.8 Å². The van der Waals surface area contributed by atoms with Crippen molar-refractivity contribution in [2.45, 2.75) is 19.4 Å². The zero-order chi connectivity index (χ0) is 12.5. The highest BCUT2D eigenvalue weighted by atomic mass is 79.9. The van der Waals surface area contributed by atoms with Crippen molar-refractivity contribution < 1.29 is 9.90 Å². The van der Waals surface area contributed by atoms with Gasteiger partial charge in [-0.1, -0.05) is 23.2 Å². The van der Waals surface area contributed by atoms with Crippen molar-refractivity contribution in [3.05, 3.63) is 26.7 Å². The van der Waals surface area contributed by atoms with Gasteiger partial charge >= 0.3 is 0 Å². The Balaban J connectivity index is 3.00. The van der Waals surface area contributed by atoms with E-state index in [9.17, 15) is 9.90 Å².